The van der Waals surface area contributed by atoms with E-state index in [1.807, 2.05) is 47.9 Å². The van der Waals surface area contributed by atoms with Gasteiger partial charge in [0, 0.05) is 12.7 Å². The Labute approximate surface area is 158 Å². The number of nitrogens with zero attached hydrogens (tertiary/aromatic N) is 3. The zero-order valence-corrected chi connectivity index (χ0v) is 15.8. The summed E-state index contributed by atoms with van der Waals surface area (Å²) >= 11 is 6.40. The molecular weight excluding hydrogens is 352 g/mol. The number of fused-ring (bicyclic) bond motifs is 1. The number of nitrogens with one attached hydrogen (secondary N) is 1. The van der Waals surface area contributed by atoms with Gasteiger partial charge in [-0.05, 0) is 43.2 Å². The van der Waals surface area contributed by atoms with E-state index in [1.54, 1.807) is 0 Å². The van der Waals surface area contributed by atoms with Crippen molar-refractivity contribution < 1.29 is 9.47 Å². The van der Waals surface area contributed by atoms with Gasteiger partial charge in [0.1, 0.15) is 0 Å². The topological polar surface area (TPSA) is 60.7 Å². The fraction of sp³-hybridized carbons (Fsp3) is 0.368. The maximum Gasteiger partial charge on any atom is 0.179 e. The molecule has 0 amide bonds. The van der Waals surface area contributed by atoms with Crippen molar-refractivity contribution in [1.82, 2.24) is 19.9 Å². The Morgan fingerprint density at radius 3 is 2.81 bits per heavy atom. The van der Waals surface area contributed by atoms with Crippen LogP contribution in [-0.4, -0.2) is 27.8 Å². The molecule has 0 fully saturated rings. The van der Waals surface area contributed by atoms with Gasteiger partial charge in [-0.3, -0.25) is 4.40 Å². The Kier molecular flexibility index (Phi) is 6.30. The van der Waals surface area contributed by atoms with Crippen LogP contribution in [-0.2, 0) is 13.1 Å². The summed E-state index contributed by atoms with van der Waals surface area (Å²) in [6.45, 7) is 6.40. The highest BCUT2D eigenvalue weighted by Crippen LogP contribution is 2.36. The minimum absolute atomic E-state index is 0.557. The van der Waals surface area contributed by atoms with Crippen molar-refractivity contribution in [3.05, 3.63) is 52.9 Å². The van der Waals surface area contributed by atoms with Crippen LogP contribution < -0.4 is 14.8 Å². The van der Waals surface area contributed by atoms with Gasteiger partial charge in [0.25, 0.3) is 0 Å². The number of benzene rings is 1. The highest BCUT2D eigenvalue weighted by molar-refractivity contribution is 6.32. The molecule has 138 valence electrons. The standard InChI is InChI=1S/C19H23ClN4O2/c1-3-9-26-19-15(20)10-14(11-16(19)25-4-2)12-21-13-18-23-22-17-7-5-6-8-24(17)18/h5-8,10-11,21H,3-4,9,12-13H2,1-2H3. The number of ether oxygens (including phenoxy) is 2. The number of hydrogen-bond acceptors (Lipinski definition) is 5. The lowest BCUT2D eigenvalue weighted by Crippen LogP contribution is -2.15. The van der Waals surface area contributed by atoms with E-state index in [1.165, 1.54) is 0 Å². The molecule has 0 aliphatic heterocycles. The smallest absolute Gasteiger partial charge is 0.179 e. The van der Waals surface area contributed by atoms with Gasteiger partial charge in [-0.15, -0.1) is 10.2 Å². The molecule has 0 aliphatic rings. The Bertz CT molecular complexity index is 866. The fourth-order valence-electron chi connectivity index (χ4n) is 2.66. The third-order valence-corrected chi connectivity index (χ3v) is 4.10. The number of halogens is 1. The van der Waals surface area contributed by atoms with Crippen molar-refractivity contribution in [3.8, 4) is 11.5 Å². The summed E-state index contributed by atoms with van der Waals surface area (Å²) in [4.78, 5) is 0. The minimum atomic E-state index is 0.557. The van der Waals surface area contributed by atoms with Crippen molar-refractivity contribution in [3.63, 3.8) is 0 Å². The molecule has 0 atom stereocenters. The minimum Gasteiger partial charge on any atom is -0.490 e. The second kappa shape index (κ2) is 8.87. The van der Waals surface area contributed by atoms with E-state index in [2.05, 4.69) is 22.4 Å². The van der Waals surface area contributed by atoms with Crippen molar-refractivity contribution >= 4 is 17.2 Å². The van der Waals surface area contributed by atoms with E-state index < -0.39 is 0 Å². The molecule has 0 aliphatic carbocycles. The van der Waals surface area contributed by atoms with Crippen LogP contribution in [0.2, 0.25) is 5.02 Å². The molecule has 3 aromatic rings. The first-order valence-corrected chi connectivity index (χ1v) is 9.18. The zero-order chi connectivity index (χ0) is 18.4. The van der Waals surface area contributed by atoms with E-state index in [4.69, 9.17) is 21.1 Å². The highest BCUT2D eigenvalue weighted by atomic mass is 35.5. The van der Waals surface area contributed by atoms with E-state index in [0.717, 1.165) is 23.5 Å². The van der Waals surface area contributed by atoms with Crippen LogP contribution in [0.4, 0.5) is 0 Å². The van der Waals surface area contributed by atoms with Gasteiger partial charge in [0.05, 0.1) is 24.8 Å². The number of aromatic nitrogens is 3. The molecule has 3 rings (SSSR count). The van der Waals surface area contributed by atoms with Gasteiger partial charge < -0.3 is 14.8 Å². The van der Waals surface area contributed by atoms with Crippen LogP contribution in [0.5, 0.6) is 11.5 Å². The van der Waals surface area contributed by atoms with Crippen LogP contribution >= 0.6 is 11.6 Å². The molecule has 2 aromatic heterocycles. The Hall–Kier alpha value is -2.31. The maximum absolute atomic E-state index is 6.40. The van der Waals surface area contributed by atoms with Gasteiger partial charge in [0.2, 0.25) is 0 Å². The molecule has 1 N–H and O–H groups in total. The molecule has 1 aromatic carbocycles. The van der Waals surface area contributed by atoms with Crippen molar-refractivity contribution in [2.45, 2.75) is 33.4 Å². The summed E-state index contributed by atoms with van der Waals surface area (Å²) in [6.07, 6.45) is 2.87. The molecule has 7 heteroatoms. The van der Waals surface area contributed by atoms with Gasteiger partial charge in [-0.2, -0.15) is 0 Å². The summed E-state index contributed by atoms with van der Waals surface area (Å²) in [6, 6.07) is 9.71. The number of hydrogen-bond donors (Lipinski definition) is 1. The van der Waals surface area contributed by atoms with Crippen LogP contribution in [0.1, 0.15) is 31.7 Å². The van der Waals surface area contributed by atoms with Crippen LogP contribution in [0.3, 0.4) is 0 Å². The molecule has 2 heterocycles. The predicted octanol–water partition coefficient (Wildman–Crippen LogP) is 3.86. The third-order valence-electron chi connectivity index (χ3n) is 3.82. The van der Waals surface area contributed by atoms with Gasteiger partial charge in [0.15, 0.2) is 23.0 Å². The Balaban J connectivity index is 1.69. The van der Waals surface area contributed by atoms with Gasteiger partial charge in [-0.1, -0.05) is 24.6 Å². The monoisotopic (exact) mass is 374 g/mol. The van der Waals surface area contributed by atoms with E-state index in [0.29, 0.717) is 42.8 Å². The highest BCUT2D eigenvalue weighted by Gasteiger charge is 2.13. The van der Waals surface area contributed by atoms with Gasteiger partial charge >= 0.3 is 0 Å². The van der Waals surface area contributed by atoms with E-state index in [9.17, 15) is 0 Å². The van der Waals surface area contributed by atoms with Gasteiger partial charge in [-0.25, -0.2) is 0 Å². The first-order chi connectivity index (χ1) is 12.7. The first-order valence-electron chi connectivity index (χ1n) is 8.80. The van der Waals surface area contributed by atoms with Crippen molar-refractivity contribution in [2.75, 3.05) is 13.2 Å². The fourth-order valence-corrected chi connectivity index (χ4v) is 2.95. The molecular formula is C19H23ClN4O2. The van der Waals surface area contributed by atoms with Crippen LogP contribution in [0.15, 0.2) is 36.5 Å². The Morgan fingerprint density at radius 1 is 1.12 bits per heavy atom. The lowest BCUT2D eigenvalue weighted by Gasteiger charge is -2.15. The normalized spacial score (nSPS) is 11.0. The van der Waals surface area contributed by atoms with E-state index in [-0.39, 0.29) is 0 Å². The van der Waals surface area contributed by atoms with Crippen LogP contribution in [0.25, 0.3) is 5.65 Å². The summed E-state index contributed by atoms with van der Waals surface area (Å²) < 4.78 is 13.4. The molecule has 0 radical (unpaired) electrons. The number of rotatable bonds is 9. The molecule has 6 nitrogen and oxygen atoms in total. The lowest BCUT2D eigenvalue weighted by molar-refractivity contribution is 0.277. The maximum atomic E-state index is 6.40. The van der Waals surface area contributed by atoms with Crippen molar-refractivity contribution in [2.24, 2.45) is 0 Å². The summed E-state index contributed by atoms with van der Waals surface area (Å²) in [5.74, 6) is 2.15. The van der Waals surface area contributed by atoms with Crippen LogP contribution in [0, 0.1) is 0 Å². The molecule has 0 bridgehead atoms. The quantitative estimate of drug-likeness (QED) is 0.616. The third kappa shape index (κ3) is 4.26. The molecule has 0 unspecified atom stereocenters. The molecule has 26 heavy (non-hydrogen) atoms. The molecule has 0 saturated heterocycles. The number of pyridine rings is 1. The lowest BCUT2D eigenvalue weighted by atomic mass is 10.2. The second-order valence-electron chi connectivity index (χ2n) is 5.83. The Morgan fingerprint density at radius 2 is 2.00 bits per heavy atom. The summed E-state index contributed by atoms with van der Waals surface area (Å²) in [7, 11) is 0. The SMILES string of the molecule is CCCOc1c(Cl)cc(CNCc2nnc3ccccn23)cc1OCC. The summed E-state index contributed by atoms with van der Waals surface area (Å²) in [5, 5.41) is 12.3. The average Bonchev–Trinajstić information content (AvgIpc) is 3.05. The van der Waals surface area contributed by atoms with Crippen molar-refractivity contribution in [1.29, 1.82) is 0 Å². The summed E-state index contributed by atoms with van der Waals surface area (Å²) in [5.41, 5.74) is 1.86. The second-order valence-corrected chi connectivity index (χ2v) is 6.24. The molecule has 0 saturated carbocycles. The zero-order valence-electron chi connectivity index (χ0n) is 15.0. The average molecular weight is 375 g/mol. The van der Waals surface area contributed by atoms with E-state index >= 15 is 0 Å². The first kappa shape index (κ1) is 18.5. The largest absolute Gasteiger partial charge is 0.490 e. The predicted molar refractivity (Wildman–Crippen MR) is 102 cm³/mol. The molecule has 0 spiro atoms.